The van der Waals surface area contributed by atoms with Crippen LogP contribution in [-0.2, 0) is 29.4 Å². The minimum Gasteiger partial charge on any atom is -0.351 e. The number of carbonyl (C=O) groups is 1. The van der Waals surface area contributed by atoms with Gasteiger partial charge < -0.3 is 5.32 Å². The molecule has 0 saturated carbocycles. The number of nitrogens with zero attached hydrogens (tertiary/aromatic N) is 1. The summed E-state index contributed by atoms with van der Waals surface area (Å²) in [5, 5.41) is 4.55. The molecule has 3 aromatic rings. The summed E-state index contributed by atoms with van der Waals surface area (Å²) in [6.45, 7) is 3.25. The van der Waals surface area contributed by atoms with E-state index in [1.807, 2.05) is 55.5 Å². The molecule has 5 nitrogen and oxygen atoms in total. The molecule has 0 spiro atoms. The van der Waals surface area contributed by atoms with Crippen LogP contribution in [0.15, 0.2) is 64.9 Å². The lowest BCUT2D eigenvalue weighted by atomic mass is 10.0. The first-order valence-electron chi connectivity index (χ1n) is 9.94. The highest BCUT2D eigenvalue weighted by Gasteiger charge is 2.32. The molecule has 0 atom stereocenters. The number of hydrogen-bond donors (Lipinski definition) is 1. The molecule has 2 heterocycles. The summed E-state index contributed by atoms with van der Waals surface area (Å²) in [6.07, 6.45) is 1.38. The first kappa shape index (κ1) is 20.8. The predicted molar refractivity (Wildman–Crippen MR) is 119 cm³/mol. The van der Waals surface area contributed by atoms with Crippen molar-refractivity contribution in [2.24, 2.45) is 0 Å². The fourth-order valence-electron chi connectivity index (χ4n) is 3.76. The second-order valence-electron chi connectivity index (χ2n) is 7.40. The van der Waals surface area contributed by atoms with E-state index < -0.39 is 10.0 Å². The van der Waals surface area contributed by atoms with E-state index in [2.05, 4.69) is 5.32 Å². The molecular formula is C23H24N2O3S2. The van der Waals surface area contributed by atoms with Gasteiger partial charge in [0.1, 0.15) is 9.77 Å². The lowest BCUT2D eigenvalue weighted by molar-refractivity contribution is 0.0955. The van der Waals surface area contributed by atoms with E-state index in [-0.39, 0.29) is 15.7 Å². The van der Waals surface area contributed by atoms with Gasteiger partial charge in [0.15, 0.2) is 0 Å². The van der Waals surface area contributed by atoms with Gasteiger partial charge in [0.25, 0.3) is 5.91 Å². The van der Waals surface area contributed by atoms with Crippen molar-refractivity contribution in [3.63, 3.8) is 0 Å². The van der Waals surface area contributed by atoms with Crippen molar-refractivity contribution in [1.82, 2.24) is 9.62 Å². The molecule has 7 heteroatoms. The molecule has 1 amide bonds. The van der Waals surface area contributed by atoms with Gasteiger partial charge in [-0.3, -0.25) is 4.79 Å². The minimum absolute atomic E-state index is 0.0975. The van der Waals surface area contributed by atoms with Crippen LogP contribution in [0.5, 0.6) is 0 Å². The predicted octanol–water partition coefficient (Wildman–Crippen LogP) is 3.78. The summed E-state index contributed by atoms with van der Waals surface area (Å²) in [7, 11) is -3.74. The van der Waals surface area contributed by atoms with Crippen molar-refractivity contribution in [3.05, 3.63) is 87.1 Å². The monoisotopic (exact) mass is 440 g/mol. The molecule has 1 aromatic heterocycles. The third-order valence-electron chi connectivity index (χ3n) is 5.49. The largest absolute Gasteiger partial charge is 0.351 e. The lowest BCUT2D eigenvalue weighted by Crippen LogP contribution is -2.37. The summed E-state index contributed by atoms with van der Waals surface area (Å²) in [5.74, 6) is -0.338. The van der Waals surface area contributed by atoms with Crippen molar-refractivity contribution in [2.45, 2.75) is 31.2 Å². The number of aryl methyl sites for hydroxylation is 1. The maximum absolute atomic E-state index is 13.3. The average Bonchev–Trinajstić information content (AvgIpc) is 3.26. The maximum atomic E-state index is 13.3. The van der Waals surface area contributed by atoms with Gasteiger partial charge in [-0.15, -0.1) is 11.3 Å². The lowest BCUT2D eigenvalue weighted by Gasteiger charge is -2.28. The third-order valence-corrected chi connectivity index (χ3v) is 8.42. The molecule has 1 N–H and O–H groups in total. The van der Waals surface area contributed by atoms with E-state index in [0.717, 1.165) is 5.56 Å². The standard InChI is InChI=1S/C23H24N2O3S2/c1-17-6-2-3-7-18(17)10-13-24-23(26)22-21(12-15-29-22)30(27,28)25-14-11-19-8-4-5-9-20(19)16-25/h2-9,12,15H,10-11,13-14,16H2,1H3,(H,24,26). The number of sulfonamides is 1. The van der Waals surface area contributed by atoms with Crippen LogP contribution >= 0.6 is 11.3 Å². The Morgan fingerprint density at radius 1 is 1.07 bits per heavy atom. The van der Waals surface area contributed by atoms with Crippen LogP contribution in [-0.4, -0.2) is 31.7 Å². The molecule has 0 bridgehead atoms. The van der Waals surface area contributed by atoms with Crippen LogP contribution in [0, 0.1) is 6.92 Å². The molecule has 0 saturated heterocycles. The minimum atomic E-state index is -3.74. The molecule has 0 unspecified atom stereocenters. The molecule has 156 valence electrons. The second-order valence-corrected chi connectivity index (χ2v) is 10.2. The first-order chi connectivity index (χ1) is 14.5. The van der Waals surface area contributed by atoms with Crippen LogP contribution < -0.4 is 5.32 Å². The summed E-state index contributed by atoms with van der Waals surface area (Å²) in [4.78, 5) is 13.1. The summed E-state index contributed by atoms with van der Waals surface area (Å²) >= 11 is 1.17. The molecule has 2 aromatic carbocycles. The number of nitrogens with one attached hydrogen (secondary N) is 1. The SMILES string of the molecule is Cc1ccccc1CCNC(=O)c1sccc1S(=O)(=O)N1CCc2ccccc2C1. The van der Waals surface area contributed by atoms with E-state index in [4.69, 9.17) is 0 Å². The highest BCUT2D eigenvalue weighted by atomic mass is 32.2. The Morgan fingerprint density at radius 2 is 1.80 bits per heavy atom. The summed E-state index contributed by atoms with van der Waals surface area (Å²) < 4.78 is 28.0. The van der Waals surface area contributed by atoms with Crippen LogP contribution in [0.25, 0.3) is 0 Å². The van der Waals surface area contributed by atoms with E-state index in [9.17, 15) is 13.2 Å². The van der Waals surface area contributed by atoms with Crippen molar-refractivity contribution in [3.8, 4) is 0 Å². The number of benzene rings is 2. The van der Waals surface area contributed by atoms with Gasteiger partial charge in [-0.1, -0.05) is 48.5 Å². The average molecular weight is 441 g/mol. The van der Waals surface area contributed by atoms with E-state index >= 15 is 0 Å². The van der Waals surface area contributed by atoms with Gasteiger partial charge in [-0.25, -0.2) is 8.42 Å². The van der Waals surface area contributed by atoms with E-state index in [0.29, 0.717) is 32.5 Å². The zero-order chi connectivity index (χ0) is 21.1. The molecule has 1 aliphatic heterocycles. The molecule has 0 aliphatic carbocycles. The fraction of sp³-hybridized carbons (Fsp3) is 0.261. The van der Waals surface area contributed by atoms with Crippen molar-refractivity contribution >= 4 is 27.3 Å². The van der Waals surface area contributed by atoms with Gasteiger partial charge in [-0.05, 0) is 53.5 Å². The fourth-order valence-corrected chi connectivity index (χ4v) is 6.50. The van der Waals surface area contributed by atoms with Gasteiger partial charge in [-0.2, -0.15) is 4.31 Å². The molecule has 0 fully saturated rings. The molecule has 30 heavy (non-hydrogen) atoms. The molecular weight excluding hydrogens is 416 g/mol. The molecule has 4 rings (SSSR count). The Balaban J connectivity index is 1.47. The topological polar surface area (TPSA) is 66.5 Å². The number of amides is 1. The Labute approximate surface area is 181 Å². The number of hydrogen-bond acceptors (Lipinski definition) is 4. The highest BCUT2D eigenvalue weighted by molar-refractivity contribution is 7.89. The quantitative estimate of drug-likeness (QED) is 0.634. The van der Waals surface area contributed by atoms with Gasteiger partial charge in [0.2, 0.25) is 10.0 Å². The Hall–Kier alpha value is -2.48. The van der Waals surface area contributed by atoms with Gasteiger partial charge in [0, 0.05) is 19.6 Å². The van der Waals surface area contributed by atoms with Crippen LogP contribution in [0.3, 0.4) is 0 Å². The number of fused-ring (bicyclic) bond motifs is 1. The maximum Gasteiger partial charge on any atom is 0.262 e. The Morgan fingerprint density at radius 3 is 2.60 bits per heavy atom. The number of thiophene rings is 1. The summed E-state index contributed by atoms with van der Waals surface area (Å²) in [5.41, 5.74) is 4.55. The molecule has 1 aliphatic rings. The van der Waals surface area contributed by atoms with Gasteiger partial charge >= 0.3 is 0 Å². The molecule has 0 radical (unpaired) electrons. The Kier molecular flexibility index (Phi) is 6.04. The summed E-state index contributed by atoms with van der Waals surface area (Å²) in [6, 6.07) is 17.5. The van der Waals surface area contributed by atoms with Crippen molar-refractivity contribution < 1.29 is 13.2 Å². The van der Waals surface area contributed by atoms with Crippen LogP contribution in [0.4, 0.5) is 0 Å². The zero-order valence-electron chi connectivity index (χ0n) is 16.8. The van der Waals surface area contributed by atoms with Crippen molar-refractivity contribution in [1.29, 1.82) is 0 Å². The first-order valence-corrected chi connectivity index (χ1v) is 12.3. The number of rotatable bonds is 6. The number of carbonyl (C=O) groups excluding carboxylic acids is 1. The smallest absolute Gasteiger partial charge is 0.262 e. The Bertz CT molecular complexity index is 1170. The normalized spacial score (nSPS) is 14.3. The van der Waals surface area contributed by atoms with E-state index in [1.165, 1.54) is 38.4 Å². The van der Waals surface area contributed by atoms with Gasteiger partial charge in [0.05, 0.1) is 0 Å². The van der Waals surface area contributed by atoms with Crippen LogP contribution in [0.1, 0.15) is 31.9 Å². The third kappa shape index (κ3) is 4.19. The highest BCUT2D eigenvalue weighted by Crippen LogP contribution is 2.29. The van der Waals surface area contributed by atoms with Crippen molar-refractivity contribution in [2.75, 3.05) is 13.1 Å². The van der Waals surface area contributed by atoms with E-state index in [1.54, 1.807) is 5.38 Å². The zero-order valence-corrected chi connectivity index (χ0v) is 18.4. The van der Waals surface area contributed by atoms with Crippen LogP contribution in [0.2, 0.25) is 0 Å². The second kappa shape index (κ2) is 8.71.